The Bertz CT molecular complexity index is 261. The van der Waals surface area contributed by atoms with E-state index in [1.54, 1.807) is 0 Å². The smallest absolute Gasteiger partial charge is 0.211 e. The molecule has 0 aromatic rings. The van der Waals surface area contributed by atoms with Crippen molar-refractivity contribution in [1.82, 2.24) is 9.21 Å². The molecular formula is C8H17ClN2O2S. The molecule has 0 atom stereocenters. The van der Waals surface area contributed by atoms with E-state index in [0.717, 1.165) is 26.1 Å². The summed E-state index contributed by atoms with van der Waals surface area (Å²) in [6.07, 6.45) is 2.24. The maximum absolute atomic E-state index is 11.2. The highest BCUT2D eigenvalue weighted by Gasteiger charge is 2.22. The topological polar surface area (TPSA) is 40.6 Å². The molecule has 0 aromatic carbocycles. The minimum Gasteiger partial charge on any atom is -0.301 e. The van der Waals surface area contributed by atoms with Crippen LogP contribution in [0.4, 0.5) is 0 Å². The van der Waals surface area contributed by atoms with Crippen LogP contribution in [0.2, 0.25) is 0 Å². The fourth-order valence-electron chi connectivity index (χ4n) is 1.57. The second-order valence-electron chi connectivity index (χ2n) is 3.55. The molecular weight excluding hydrogens is 224 g/mol. The average molecular weight is 241 g/mol. The van der Waals surface area contributed by atoms with Gasteiger partial charge < -0.3 is 4.90 Å². The average Bonchev–Trinajstić information content (AvgIpc) is 2.14. The van der Waals surface area contributed by atoms with Crippen molar-refractivity contribution < 1.29 is 8.42 Å². The zero-order valence-corrected chi connectivity index (χ0v) is 10.0. The fraction of sp³-hybridized carbons (Fsp3) is 1.00. The van der Waals surface area contributed by atoms with E-state index in [9.17, 15) is 8.42 Å². The van der Waals surface area contributed by atoms with E-state index in [1.165, 1.54) is 10.6 Å². The summed E-state index contributed by atoms with van der Waals surface area (Å²) < 4.78 is 23.9. The lowest BCUT2D eigenvalue weighted by Crippen LogP contribution is -2.48. The number of rotatable bonds is 4. The molecule has 1 fully saturated rings. The molecule has 4 nitrogen and oxygen atoms in total. The molecule has 1 aliphatic heterocycles. The van der Waals surface area contributed by atoms with Crippen LogP contribution >= 0.6 is 11.6 Å². The molecule has 84 valence electrons. The SMILES string of the molecule is CS(=O)(=O)N1CCN(CCCCl)CC1. The van der Waals surface area contributed by atoms with E-state index in [2.05, 4.69) is 4.90 Å². The summed E-state index contributed by atoms with van der Waals surface area (Å²) in [5.41, 5.74) is 0. The van der Waals surface area contributed by atoms with Crippen LogP contribution in [0.15, 0.2) is 0 Å². The summed E-state index contributed by atoms with van der Waals surface area (Å²) in [6, 6.07) is 0. The van der Waals surface area contributed by atoms with Crippen LogP contribution < -0.4 is 0 Å². The van der Waals surface area contributed by atoms with Gasteiger partial charge in [0.2, 0.25) is 10.0 Å². The quantitative estimate of drug-likeness (QED) is 0.659. The molecule has 0 spiro atoms. The maximum Gasteiger partial charge on any atom is 0.211 e. The zero-order valence-electron chi connectivity index (χ0n) is 8.45. The van der Waals surface area contributed by atoms with Gasteiger partial charge in [-0.1, -0.05) is 0 Å². The van der Waals surface area contributed by atoms with Gasteiger partial charge in [-0.3, -0.25) is 0 Å². The van der Waals surface area contributed by atoms with Crippen LogP contribution in [0, 0.1) is 0 Å². The van der Waals surface area contributed by atoms with E-state index in [-0.39, 0.29) is 0 Å². The predicted molar refractivity (Wildman–Crippen MR) is 58.2 cm³/mol. The lowest BCUT2D eigenvalue weighted by Gasteiger charge is -2.32. The Balaban J connectivity index is 2.31. The van der Waals surface area contributed by atoms with Crippen molar-refractivity contribution in [1.29, 1.82) is 0 Å². The second-order valence-corrected chi connectivity index (χ2v) is 5.91. The van der Waals surface area contributed by atoms with Crippen molar-refractivity contribution >= 4 is 21.6 Å². The normalized spacial score (nSPS) is 21.3. The summed E-state index contributed by atoms with van der Waals surface area (Å²) in [6.45, 7) is 3.84. The Morgan fingerprint density at radius 3 is 2.21 bits per heavy atom. The number of hydrogen-bond donors (Lipinski definition) is 0. The van der Waals surface area contributed by atoms with Gasteiger partial charge >= 0.3 is 0 Å². The molecule has 1 aliphatic rings. The summed E-state index contributed by atoms with van der Waals surface area (Å²) in [5, 5.41) is 0. The highest BCUT2D eigenvalue weighted by Crippen LogP contribution is 2.06. The van der Waals surface area contributed by atoms with Gasteiger partial charge in [0, 0.05) is 32.1 Å². The molecule has 0 bridgehead atoms. The van der Waals surface area contributed by atoms with Crippen LogP contribution in [0.25, 0.3) is 0 Å². The van der Waals surface area contributed by atoms with Crippen molar-refractivity contribution in [3.63, 3.8) is 0 Å². The van der Waals surface area contributed by atoms with Gasteiger partial charge in [-0.25, -0.2) is 8.42 Å². The summed E-state index contributed by atoms with van der Waals surface area (Å²) in [7, 11) is -2.99. The van der Waals surface area contributed by atoms with Gasteiger partial charge in [0.15, 0.2) is 0 Å². The zero-order chi connectivity index (χ0) is 10.6. The van der Waals surface area contributed by atoms with E-state index >= 15 is 0 Å². The lowest BCUT2D eigenvalue weighted by atomic mass is 10.3. The Morgan fingerprint density at radius 2 is 1.79 bits per heavy atom. The number of alkyl halides is 1. The van der Waals surface area contributed by atoms with Crippen molar-refractivity contribution in [2.75, 3.05) is 44.9 Å². The van der Waals surface area contributed by atoms with Crippen molar-refractivity contribution in [2.45, 2.75) is 6.42 Å². The summed E-state index contributed by atoms with van der Waals surface area (Å²) >= 11 is 5.59. The molecule has 1 heterocycles. The second kappa shape index (κ2) is 5.30. The van der Waals surface area contributed by atoms with Crippen LogP contribution in [0.3, 0.4) is 0 Å². The first kappa shape index (κ1) is 12.2. The molecule has 0 saturated carbocycles. The fourth-order valence-corrected chi connectivity index (χ4v) is 2.51. The lowest BCUT2D eigenvalue weighted by molar-refractivity contribution is 0.189. The van der Waals surface area contributed by atoms with Crippen LogP contribution in [-0.2, 0) is 10.0 Å². The molecule has 0 aliphatic carbocycles. The van der Waals surface area contributed by atoms with Crippen LogP contribution in [0.1, 0.15) is 6.42 Å². The molecule has 0 unspecified atom stereocenters. The van der Waals surface area contributed by atoms with Crippen LogP contribution in [-0.4, -0.2) is 62.5 Å². The molecule has 0 N–H and O–H groups in total. The van der Waals surface area contributed by atoms with Gasteiger partial charge in [0.1, 0.15) is 0 Å². The van der Waals surface area contributed by atoms with Crippen molar-refractivity contribution in [2.24, 2.45) is 0 Å². The molecule has 1 rings (SSSR count). The number of piperazine rings is 1. The van der Waals surface area contributed by atoms with E-state index in [1.807, 2.05) is 0 Å². The van der Waals surface area contributed by atoms with Gasteiger partial charge in [-0.15, -0.1) is 11.6 Å². The van der Waals surface area contributed by atoms with Crippen molar-refractivity contribution in [3.8, 4) is 0 Å². The first-order chi connectivity index (χ1) is 6.54. The molecule has 14 heavy (non-hydrogen) atoms. The molecule has 0 radical (unpaired) electrons. The summed E-state index contributed by atoms with van der Waals surface area (Å²) in [5.74, 6) is 0.673. The monoisotopic (exact) mass is 240 g/mol. The Hall–Kier alpha value is 0.160. The third-order valence-electron chi connectivity index (χ3n) is 2.41. The minimum absolute atomic E-state index is 0.612. The highest BCUT2D eigenvalue weighted by molar-refractivity contribution is 7.88. The first-order valence-electron chi connectivity index (χ1n) is 4.77. The third kappa shape index (κ3) is 3.73. The first-order valence-corrected chi connectivity index (χ1v) is 7.16. The molecule has 6 heteroatoms. The van der Waals surface area contributed by atoms with E-state index < -0.39 is 10.0 Å². The molecule has 1 saturated heterocycles. The molecule has 0 amide bonds. The van der Waals surface area contributed by atoms with Crippen molar-refractivity contribution in [3.05, 3.63) is 0 Å². The predicted octanol–water partition coefficient (Wildman–Crippen LogP) is 0.192. The Kier molecular flexibility index (Phi) is 4.63. The van der Waals surface area contributed by atoms with Gasteiger partial charge in [0.25, 0.3) is 0 Å². The van der Waals surface area contributed by atoms with Crippen LogP contribution in [0.5, 0.6) is 0 Å². The summed E-state index contributed by atoms with van der Waals surface area (Å²) in [4.78, 5) is 2.25. The van der Waals surface area contributed by atoms with E-state index in [4.69, 9.17) is 11.6 Å². The van der Waals surface area contributed by atoms with Gasteiger partial charge in [-0.2, -0.15) is 4.31 Å². The number of hydrogen-bond acceptors (Lipinski definition) is 3. The maximum atomic E-state index is 11.2. The number of nitrogens with zero attached hydrogens (tertiary/aromatic N) is 2. The number of halogens is 1. The van der Waals surface area contributed by atoms with E-state index in [0.29, 0.717) is 19.0 Å². The van der Waals surface area contributed by atoms with Gasteiger partial charge in [0.05, 0.1) is 6.26 Å². The standard InChI is InChI=1S/C8H17ClN2O2S/c1-14(12,13)11-7-5-10(6-8-11)4-2-3-9/h2-8H2,1H3. The Labute approximate surface area is 90.9 Å². The largest absolute Gasteiger partial charge is 0.301 e. The minimum atomic E-state index is -2.99. The third-order valence-corrected chi connectivity index (χ3v) is 3.98. The molecule has 0 aromatic heterocycles. The Morgan fingerprint density at radius 1 is 1.21 bits per heavy atom. The highest BCUT2D eigenvalue weighted by atomic mass is 35.5. The number of sulfonamides is 1. The van der Waals surface area contributed by atoms with Gasteiger partial charge in [-0.05, 0) is 13.0 Å².